The molecule has 0 aliphatic heterocycles. The lowest BCUT2D eigenvalue weighted by atomic mass is 10.3. The maximum atomic E-state index is 11.6. The number of benzene rings is 1. The second-order valence-corrected chi connectivity index (χ2v) is 4.38. The first kappa shape index (κ1) is 10.9. The fourth-order valence-corrected chi connectivity index (χ4v) is 1.55. The molecule has 3 N–H and O–H groups in total. The average Bonchev–Trinajstić information content (AvgIpc) is 2.68. The highest BCUT2D eigenvalue weighted by atomic mass is 127. The first-order chi connectivity index (χ1) is 7.65. The number of aromatic amines is 2. The minimum Gasteiger partial charge on any atom is -0.321 e. The van der Waals surface area contributed by atoms with Gasteiger partial charge in [0.1, 0.15) is 5.69 Å². The largest absolute Gasteiger partial charge is 0.321 e. The van der Waals surface area contributed by atoms with Crippen LogP contribution in [-0.4, -0.2) is 16.1 Å². The molecule has 0 bridgehead atoms. The highest BCUT2D eigenvalue weighted by molar-refractivity contribution is 14.1. The van der Waals surface area contributed by atoms with Crippen LogP contribution in [0.1, 0.15) is 10.5 Å². The Morgan fingerprint density at radius 1 is 1.19 bits per heavy atom. The van der Waals surface area contributed by atoms with Gasteiger partial charge in [0.15, 0.2) is 0 Å². The number of hydrogen-bond donors (Lipinski definition) is 3. The van der Waals surface area contributed by atoms with E-state index in [1.165, 1.54) is 6.07 Å². The van der Waals surface area contributed by atoms with E-state index in [0.717, 1.165) is 3.57 Å². The number of H-pyrrole nitrogens is 2. The summed E-state index contributed by atoms with van der Waals surface area (Å²) < 4.78 is 1.09. The Balaban J connectivity index is 2.13. The molecule has 0 fully saturated rings. The van der Waals surface area contributed by atoms with Gasteiger partial charge in [-0.25, -0.2) is 0 Å². The Bertz CT molecular complexity index is 556. The number of amides is 1. The third-order valence-corrected chi connectivity index (χ3v) is 2.66. The van der Waals surface area contributed by atoms with Crippen LogP contribution in [-0.2, 0) is 0 Å². The molecule has 0 saturated carbocycles. The van der Waals surface area contributed by atoms with Crippen LogP contribution < -0.4 is 10.9 Å². The molecule has 2 rings (SSSR count). The van der Waals surface area contributed by atoms with Crippen molar-refractivity contribution in [2.24, 2.45) is 0 Å². The van der Waals surface area contributed by atoms with Crippen molar-refractivity contribution >= 4 is 34.2 Å². The molecule has 0 aliphatic rings. The van der Waals surface area contributed by atoms with Crippen molar-refractivity contribution in [1.29, 1.82) is 0 Å². The second-order valence-electron chi connectivity index (χ2n) is 3.13. The van der Waals surface area contributed by atoms with Crippen molar-refractivity contribution in [3.63, 3.8) is 0 Å². The van der Waals surface area contributed by atoms with E-state index in [4.69, 9.17) is 0 Å². The SMILES string of the molecule is O=C(Nc1ccc(I)cc1)c1cc(=O)[nH][nH]1. The smallest absolute Gasteiger partial charge is 0.273 e. The number of rotatable bonds is 2. The molecule has 0 unspecified atom stereocenters. The van der Waals surface area contributed by atoms with E-state index >= 15 is 0 Å². The van der Waals surface area contributed by atoms with Gasteiger partial charge in [0.05, 0.1) is 0 Å². The normalized spacial score (nSPS) is 10.1. The predicted molar refractivity (Wildman–Crippen MR) is 68.5 cm³/mol. The standard InChI is InChI=1S/C10H8IN3O2/c11-6-1-3-7(4-2-6)12-10(16)8-5-9(15)14-13-8/h1-5H,(H,12,16)(H2,13,14,15). The average molecular weight is 329 g/mol. The molecular weight excluding hydrogens is 321 g/mol. The molecule has 0 radical (unpaired) electrons. The minimum atomic E-state index is -0.348. The van der Waals surface area contributed by atoms with Crippen LogP contribution >= 0.6 is 22.6 Å². The summed E-state index contributed by atoms with van der Waals surface area (Å²) >= 11 is 2.18. The summed E-state index contributed by atoms with van der Waals surface area (Å²) in [6.45, 7) is 0. The van der Waals surface area contributed by atoms with E-state index in [1.807, 2.05) is 12.1 Å². The van der Waals surface area contributed by atoms with Gasteiger partial charge in [-0.15, -0.1) is 0 Å². The van der Waals surface area contributed by atoms with Crippen molar-refractivity contribution in [2.75, 3.05) is 5.32 Å². The third kappa shape index (κ3) is 2.51. The van der Waals surface area contributed by atoms with Gasteiger partial charge in [-0.05, 0) is 46.9 Å². The van der Waals surface area contributed by atoms with Crippen LogP contribution in [0.3, 0.4) is 0 Å². The van der Waals surface area contributed by atoms with Crippen molar-refractivity contribution in [1.82, 2.24) is 10.2 Å². The molecule has 1 amide bonds. The number of carbonyl (C=O) groups excluding carboxylic acids is 1. The molecule has 1 heterocycles. The number of hydrogen-bond acceptors (Lipinski definition) is 2. The topological polar surface area (TPSA) is 77.8 Å². The Labute approximate surface area is 104 Å². The Hall–Kier alpha value is -1.57. The molecule has 1 aromatic heterocycles. The summed E-state index contributed by atoms with van der Waals surface area (Å²) in [4.78, 5) is 22.4. The summed E-state index contributed by atoms with van der Waals surface area (Å²) in [6, 6.07) is 8.57. The summed E-state index contributed by atoms with van der Waals surface area (Å²) in [5.41, 5.74) is 0.573. The number of nitrogens with one attached hydrogen (secondary N) is 3. The zero-order chi connectivity index (χ0) is 11.5. The molecule has 1 aromatic carbocycles. The lowest BCUT2D eigenvalue weighted by Gasteiger charge is -2.02. The fourth-order valence-electron chi connectivity index (χ4n) is 1.19. The van der Waals surface area contributed by atoms with Crippen LogP contribution in [0.4, 0.5) is 5.69 Å². The third-order valence-electron chi connectivity index (χ3n) is 1.94. The highest BCUT2D eigenvalue weighted by Gasteiger charge is 2.07. The maximum absolute atomic E-state index is 11.6. The molecule has 0 spiro atoms. The molecule has 0 saturated heterocycles. The van der Waals surface area contributed by atoms with Gasteiger partial charge >= 0.3 is 0 Å². The Morgan fingerprint density at radius 3 is 2.44 bits per heavy atom. The maximum Gasteiger partial charge on any atom is 0.273 e. The predicted octanol–water partition coefficient (Wildman–Crippen LogP) is 1.56. The van der Waals surface area contributed by atoms with Gasteiger partial charge in [-0.1, -0.05) is 0 Å². The number of carbonyl (C=O) groups is 1. The zero-order valence-corrected chi connectivity index (χ0v) is 10.2. The lowest BCUT2D eigenvalue weighted by molar-refractivity contribution is 0.102. The fraction of sp³-hybridized carbons (Fsp3) is 0. The summed E-state index contributed by atoms with van der Waals surface area (Å²) in [5, 5.41) is 7.45. The Morgan fingerprint density at radius 2 is 1.88 bits per heavy atom. The van der Waals surface area contributed by atoms with Crippen LogP contribution in [0.5, 0.6) is 0 Å². The van der Waals surface area contributed by atoms with Crippen LogP contribution in [0, 0.1) is 3.57 Å². The number of halogens is 1. The summed E-state index contributed by atoms with van der Waals surface area (Å²) in [6.07, 6.45) is 0. The monoisotopic (exact) mass is 329 g/mol. The van der Waals surface area contributed by atoms with E-state index < -0.39 is 0 Å². The molecule has 0 aliphatic carbocycles. The summed E-state index contributed by atoms with van der Waals surface area (Å²) in [5.74, 6) is -0.348. The van der Waals surface area contributed by atoms with Crippen LogP contribution in [0.15, 0.2) is 35.1 Å². The first-order valence-electron chi connectivity index (χ1n) is 4.50. The van der Waals surface area contributed by atoms with Crippen molar-refractivity contribution < 1.29 is 4.79 Å². The van der Waals surface area contributed by atoms with Crippen LogP contribution in [0.2, 0.25) is 0 Å². The van der Waals surface area contributed by atoms with E-state index in [1.54, 1.807) is 12.1 Å². The summed E-state index contributed by atoms with van der Waals surface area (Å²) in [7, 11) is 0. The molecule has 16 heavy (non-hydrogen) atoms. The number of anilines is 1. The highest BCUT2D eigenvalue weighted by Crippen LogP contribution is 2.11. The molecule has 2 aromatic rings. The Kier molecular flexibility index (Phi) is 3.09. The molecular formula is C10H8IN3O2. The molecule has 0 atom stereocenters. The lowest BCUT2D eigenvalue weighted by Crippen LogP contribution is -2.12. The molecule has 6 heteroatoms. The molecule has 5 nitrogen and oxygen atoms in total. The van der Waals surface area contributed by atoms with E-state index in [0.29, 0.717) is 5.69 Å². The van der Waals surface area contributed by atoms with E-state index in [9.17, 15) is 9.59 Å². The van der Waals surface area contributed by atoms with E-state index in [-0.39, 0.29) is 17.2 Å². The van der Waals surface area contributed by atoms with Crippen molar-refractivity contribution in [2.45, 2.75) is 0 Å². The quantitative estimate of drug-likeness (QED) is 0.731. The van der Waals surface area contributed by atoms with Crippen molar-refractivity contribution in [3.05, 3.63) is 49.9 Å². The van der Waals surface area contributed by atoms with Gasteiger partial charge in [0, 0.05) is 15.3 Å². The second kappa shape index (κ2) is 4.52. The van der Waals surface area contributed by atoms with Gasteiger partial charge in [0.25, 0.3) is 11.5 Å². The van der Waals surface area contributed by atoms with Gasteiger partial charge < -0.3 is 5.32 Å². The van der Waals surface area contributed by atoms with E-state index in [2.05, 4.69) is 38.1 Å². The zero-order valence-electron chi connectivity index (χ0n) is 8.08. The van der Waals surface area contributed by atoms with Crippen molar-refractivity contribution in [3.8, 4) is 0 Å². The van der Waals surface area contributed by atoms with Gasteiger partial charge in [-0.3, -0.25) is 19.8 Å². The molecule has 82 valence electrons. The van der Waals surface area contributed by atoms with Gasteiger partial charge in [-0.2, -0.15) is 0 Å². The van der Waals surface area contributed by atoms with Crippen LogP contribution in [0.25, 0.3) is 0 Å². The van der Waals surface area contributed by atoms with Gasteiger partial charge in [0.2, 0.25) is 0 Å². The number of aromatic nitrogens is 2. The minimum absolute atomic E-state index is 0.212. The first-order valence-corrected chi connectivity index (χ1v) is 5.57.